The van der Waals surface area contributed by atoms with Gasteiger partial charge in [-0.1, -0.05) is 19.4 Å². The van der Waals surface area contributed by atoms with Crippen LogP contribution in [0.3, 0.4) is 0 Å². The molecule has 0 unspecified atom stereocenters. The van der Waals surface area contributed by atoms with Crippen molar-refractivity contribution in [3.05, 3.63) is 45.1 Å². The normalized spacial score (nSPS) is 11.1. The Hall–Kier alpha value is -1.72. The molecule has 5 heteroatoms. The largest absolute Gasteiger partial charge is 0.397 e. The number of anilines is 1. The van der Waals surface area contributed by atoms with Crippen molar-refractivity contribution < 1.29 is 4.79 Å². The van der Waals surface area contributed by atoms with E-state index in [1.54, 1.807) is 0 Å². The highest BCUT2D eigenvalue weighted by Gasteiger charge is 2.19. The van der Waals surface area contributed by atoms with Crippen molar-refractivity contribution in [3.8, 4) is 0 Å². The van der Waals surface area contributed by atoms with Crippen molar-refractivity contribution in [2.75, 3.05) is 5.73 Å². The summed E-state index contributed by atoms with van der Waals surface area (Å²) >= 11 is 2.83. The summed E-state index contributed by atoms with van der Waals surface area (Å²) in [5.74, 6) is -0.00228. The van der Waals surface area contributed by atoms with Crippen LogP contribution in [-0.2, 0) is 6.42 Å². The lowest BCUT2D eigenvalue weighted by Crippen LogP contribution is -1.99. The summed E-state index contributed by atoms with van der Waals surface area (Å²) in [5.41, 5.74) is 7.73. The molecule has 3 aromatic rings. The molecular formula is C15H14N2OS2. The number of aromatic nitrogens is 1. The first-order chi connectivity index (χ1) is 9.70. The molecular weight excluding hydrogens is 288 g/mol. The van der Waals surface area contributed by atoms with Crippen LogP contribution in [0.25, 0.3) is 10.2 Å². The molecule has 20 heavy (non-hydrogen) atoms. The van der Waals surface area contributed by atoms with Gasteiger partial charge in [-0.15, -0.1) is 22.7 Å². The Morgan fingerprint density at radius 1 is 1.35 bits per heavy atom. The second kappa shape index (κ2) is 5.34. The van der Waals surface area contributed by atoms with Gasteiger partial charge in [-0.05, 0) is 30.0 Å². The van der Waals surface area contributed by atoms with Crippen molar-refractivity contribution in [2.45, 2.75) is 19.8 Å². The molecule has 2 N–H and O–H groups in total. The average Bonchev–Trinajstić information content (AvgIpc) is 3.07. The van der Waals surface area contributed by atoms with E-state index in [2.05, 4.69) is 11.9 Å². The van der Waals surface area contributed by atoms with E-state index in [4.69, 9.17) is 5.73 Å². The summed E-state index contributed by atoms with van der Waals surface area (Å²) in [5, 5.41) is 2.78. The van der Waals surface area contributed by atoms with E-state index in [-0.39, 0.29) is 5.78 Å². The Labute approximate surface area is 125 Å². The number of ketones is 1. The first-order valence-electron chi connectivity index (χ1n) is 6.46. The predicted molar refractivity (Wildman–Crippen MR) is 85.8 cm³/mol. The number of nitrogen functional groups attached to an aromatic ring is 1. The molecule has 0 aromatic carbocycles. The van der Waals surface area contributed by atoms with E-state index in [0.29, 0.717) is 10.6 Å². The smallest absolute Gasteiger partial charge is 0.215 e. The molecule has 3 heterocycles. The van der Waals surface area contributed by atoms with Gasteiger partial charge in [0.1, 0.15) is 9.71 Å². The van der Waals surface area contributed by atoms with Crippen LogP contribution in [0.2, 0.25) is 0 Å². The maximum Gasteiger partial charge on any atom is 0.215 e. The second-order valence-electron chi connectivity index (χ2n) is 4.56. The first-order valence-corrected chi connectivity index (χ1v) is 8.16. The minimum absolute atomic E-state index is 0.00228. The number of thiophene rings is 2. The van der Waals surface area contributed by atoms with E-state index < -0.39 is 0 Å². The van der Waals surface area contributed by atoms with Gasteiger partial charge in [0, 0.05) is 11.1 Å². The molecule has 3 aromatic heterocycles. The van der Waals surface area contributed by atoms with Gasteiger partial charge in [-0.25, -0.2) is 4.98 Å². The lowest BCUT2D eigenvalue weighted by Gasteiger charge is -1.97. The van der Waals surface area contributed by atoms with E-state index >= 15 is 0 Å². The minimum atomic E-state index is -0.00228. The summed E-state index contributed by atoms with van der Waals surface area (Å²) < 4.78 is 0. The zero-order valence-electron chi connectivity index (χ0n) is 11.1. The highest BCUT2D eigenvalue weighted by Crippen LogP contribution is 2.34. The molecule has 0 saturated carbocycles. The maximum absolute atomic E-state index is 12.4. The lowest BCUT2D eigenvalue weighted by atomic mass is 10.2. The monoisotopic (exact) mass is 302 g/mol. The predicted octanol–water partition coefficient (Wildman–Crippen LogP) is 4.12. The van der Waals surface area contributed by atoms with Crippen LogP contribution >= 0.6 is 22.7 Å². The molecule has 3 nitrogen and oxygen atoms in total. The summed E-state index contributed by atoms with van der Waals surface area (Å²) in [6.45, 7) is 2.13. The fraction of sp³-hybridized carbons (Fsp3) is 0.200. The van der Waals surface area contributed by atoms with Crippen LogP contribution in [0.4, 0.5) is 5.69 Å². The first kappa shape index (κ1) is 13.3. The third kappa shape index (κ3) is 2.23. The number of nitrogens with two attached hydrogens (primary N) is 1. The quantitative estimate of drug-likeness (QED) is 0.737. The number of nitrogens with zero attached hydrogens (tertiary/aromatic N) is 1. The number of fused-ring (bicyclic) bond motifs is 1. The Morgan fingerprint density at radius 2 is 2.20 bits per heavy atom. The van der Waals surface area contributed by atoms with Gasteiger partial charge >= 0.3 is 0 Å². The molecule has 0 aliphatic heterocycles. The summed E-state index contributed by atoms with van der Waals surface area (Å²) in [7, 11) is 0. The van der Waals surface area contributed by atoms with E-state index in [9.17, 15) is 4.79 Å². The van der Waals surface area contributed by atoms with Gasteiger partial charge in [-0.2, -0.15) is 0 Å². The molecule has 0 spiro atoms. The summed E-state index contributed by atoms with van der Waals surface area (Å²) in [6, 6.07) is 7.67. The molecule has 0 aliphatic carbocycles. The number of hydrogen-bond acceptors (Lipinski definition) is 5. The van der Waals surface area contributed by atoms with Crippen LogP contribution in [0.1, 0.15) is 33.6 Å². The van der Waals surface area contributed by atoms with Gasteiger partial charge in [0.05, 0.1) is 10.6 Å². The van der Waals surface area contributed by atoms with Crippen molar-refractivity contribution >= 4 is 44.4 Å². The van der Waals surface area contributed by atoms with Gasteiger partial charge in [0.15, 0.2) is 0 Å². The van der Waals surface area contributed by atoms with E-state index in [0.717, 1.165) is 33.6 Å². The van der Waals surface area contributed by atoms with Crippen LogP contribution in [0.15, 0.2) is 29.6 Å². The third-order valence-corrected chi connectivity index (χ3v) is 5.09. The van der Waals surface area contributed by atoms with E-state index in [1.165, 1.54) is 22.7 Å². The molecule has 0 saturated heterocycles. The highest BCUT2D eigenvalue weighted by atomic mass is 32.1. The SMILES string of the molecule is CCCc1ccc2c(N)c(C(=O)c3cccs3)sc2n1. The van der Waals surface area contributed by atoms with Crippen molar-refractivity contribution in [1.29, 1.82) is 0 Å². The number of pyridine rings is 1. The molecule has 0 aliphatic rings. The average molecular weight is 302 g/mol. The topological polar surface area (TPSA) is 56.0 Å². The molecule has 0 radical (unpaired) electrons. The highest BCUT2D eigenvalue weighted by molar-refractivity contribution is 7.22. The molecule has 0 amide bonds. The number of hydrogen-bond donors (Lipinski definition) is 1. The fourth-order valence-electron chi connectivity index (χ4n) is 2.12. The number of carbonyl (C=O) groups excluding carboxylic acids is 1. The second-order valence-corrected chi connectivity index (χ2v) is 6.50. The molecule has 0 fully saturated rings. The summed E-state index contributed by atoms with van der Waals surface area (Å²) in [6.07, 6.45) is 2.00. The fourth-order valence-corrected chi connectivity index (χ4v) is 3.92. The van der Waals surface area contributed by atoms with E-state index in [1.807, 2.05) is 29.6 Å². The van der Waals surface area contributed by atoms with Gasteiger partial charge in [-0.3, -0.25) is 4.79 Å². The van der Waals surface area contributed by atoms with Crippen molar-refractivity contribution in [1.82, 2.24) is 4.98 Å². The Kier molecular flexibility index (Phi) is 3.54. The van der Waals surface area contributed by atoms with Crippen LogP contribution < -0.4 is 5.73 Å². The number of carbonyl (C=O) groups is 1. The molecule has 0 atom stereocenters. The molecule has 3 rings (SSSR count). The zero-order valence-corrected chi connectivity index (χ0v) is 12.7. The lowest BCUT2D eigenvalue weighted by molar-refractivity contribution is 0.104. The van der Waals surface area contributed by atoms with Crippen LogP contribution in [0.5, 0.6) is 0 Å². The van der Waals surface area contributed by atoms with Crippen LogP contribution in [0, 0.1) is 0 Å². The molecule has 102 valence electrons. The number of rotatable bonds is 4. The Bertz CT molecular complexity index is 760. The third-order valence-electron chi connectivity index (χ3n) is 3.11. The van der Waals surface area contributed by atoms with Crippen molar-refractivity contribution in [3.63, 3.8) is 0 Å². The van der Waals surface area contributed by atoms with Gasteiger partial charge < -0.3 is 5.73 Å². The number of aryl methyl sites for hydroxylation is 1. The zero-order chi connectivity index (χ0) is 14.1. The summed E-state index contributed by atoms with van der Waals surface area (Å²) in [4.78, 5) is 19.2. The van der Waals surface area contributed by atoms with Gasteiger partial charge in [0.25, 0.3) is 0 Å². The standard InChI is InChI=1S/C15H14N2OS2/c1-2-4-9-6-7-10-12(16)14(20-15(10)17-9)13(18)11-5-3-8-19-11/h3,5-8H,2,4,16H2,1H3. The minimum Gasteiger partial charge on any atom is -0.397 e. The Morgan fingerprint density at radius 3 is 2.90 bits per heavy atom. The van der Waals surface area contributed by atoms with Crippen molar-refractivity contribution in [2.24, 2.45) is 0 Å². The van der Waals surface area contributed by atoms with Crippen LogP contribution in [-0.4, -0.2) is 10.8 Å². The molecule has 0 bridgehead atoms. The Balaban J connectivity index is 2.08. The van der Waals surface area contributed by atoms with Gasteiger partial charge in [0.2, 0.25) is 5.78 Å². The maximum atomic E-state index is 12.4.